The third kappa shape index (κ3) is 5.34. The molecule has 0 unspecified atom stereocenters. The highest BCUT2D eigenvalue weighted by Crippen LogP contribution is 2.23. The van der Waals surface area contributed by atoms with Gasteiger partial charge in [0.25, 0.3) is 0 Å². The lowest BCUT2D eigenvalue weighted by Crippen LogP contribution is -2.37. The number of ether oxygens (including phenoxy) is 1. The van der Waals surface area contributed by atoms with Gasteiger partial charge in [-0.1, -0.05) is 6.07 Å². The minimum Gasteiger partial charge on any atom is -0.379 e. The average molecular weight is 393 g/mol. The van der Waals surface area contributed by atoms with E-state index in [0.717, 1.165) is 62.9 Å². The summed E-state index contributed by atoms with van der Waals surface area (Å²) in [7, 11) is 0. The van der Waals surface area contributed by atoms with Crippen LogP contribution in [0.5, 0.6) is 0 Å². The Kier molecular flexibility index (Phi) is 6.38. The molecule has 7 heteroatoms. The second-order valence-electron chi connectivity index (χ2n) is 6.92. The van der Waals surface area contributed by atoms with E-state index in [4.69, 9.17) is 4.74 Å². The van der Waals surface area contributed by atoms with Crippen molar-refractivity contribution in [2.24, 2.45) is 0 Å². The van der Waals surface area contributed by atoms with Crippen LogP contribution in [0.25, 0.3) is 22.8 Å². The summed E-state index contributed by atoms with van der Waals surface area (Å²) < 4.78 is 18.7. The predicted molar refractivity (Wildman–Crippen MR) is 111 cm³/mol. The molecule has 0 spiro atoms. The van der Waals surface area contributed by atoms with Crippen molar-refractivity contribution in [3.63, 3.8) is 0 Å². The number of nitrogens with one attached hydrogen (secondary N) is 1. The van der Waals surface area contributed by atoms with E-state index in [1.165, 1.54) is 12.1 Å². The number of rotatable bonds is 7. The third-order valence-electron chi connectivity index (χ3n) is 4.82. The quantitative estimate of drug-likeness (QED) is 0.620. The minimum absolute atomic E-state index is 0.269. The van der Waals surface area contributed by atoms with Gasteiger partial charge in [-0.2, -0.15) is 0 Å². The first-order valence-electron chi connectivity index (χ1n) is 9.88. The number of nitrogens with zero attached hydrogens (tertiary/aromatic N) is 4. The molecule has 3 heterocycles. The van der Waals surface area contributed by atoms with Crippen LogP contribution in [0, 0.1) is 5.82 Å². The lowest BCUT2D eigenvalue weighted by atomic mass is 10.1. The summed E-state index contributed by atoms with van der Waals surface area (Å²) in [4.78, 5) is 16.1. The van der Waals surface area contributed by atoms with Crippen molar-refractivity contribution in [1.29, 1.82) is 0 Å². The molecule has 1 N–H and O–H groups in total. The Balaban J connectivity index is 1.50. The molecule has 150 valence electrons. The normalized spacial score (nSPS) is 14.7. The average Bonchev–Trinajstić information content (AvgIpc) is 2.78. The molecule has 1 aliphatic heterocycles. The van der Waals surface area contributed by atoms with Crippen LogP contribution in [0.2, 0.25) is 0 Å². The molecule has 1 aromatic carbocycles. The number of benzene rings is 1. The third-order valence-corrected chi connectivity index (χ3v) is 4.82. The van der Waals surface area contributed by atoms with E-state index in [2.05, 4.69) is 25.2 Å². The lowest BCUT2D eigenvalue weighted by Gasteiger charge is -2.26. The lowest BCUT2D eigenvalue weighted by molar-refractivity contribution is 0.0378. The molecule has 6 nitrogen and oxygen atoms in total. The second-order valence-corrected chi connectivity index (χ2v) is 6.92. The molecule has 0 saturated carbocycles. The van der Waals surface area contributed by atoms with Crippen molar-refractivity contribution in [3.8, 4) is 22.8 Å². The first kappa shape index (κ1) is 19.4. The monoisotopic (exact) mass is 393 g/mol. The Morgan fingerprint density at radius 3 is 2.59 bits per heavy atom. The zero-order valence-corrected chi connectivity index (χ0v) is 16.2. The fraction of sp³-hybridized carbons (Fsp3) is 0.318. The smallest absolute Gasteiger partial charge is 0.180 e. The summed E-state index contributed by atoms with van der Waals surface area (Å²) in [5.74, 6) is 1.01. The van der Waals surface area contributed by atoms with Crippen LogP contribution in [-0.2, 0) is 4.74 Å². The van der Waals surface area contributed by atoms with Crippen molar-refractivity contribution < 1.29 is 9.13 Å². The maximum absolute atomic E-state index is 13.3. The van der Waals surface area contributed by atoms with Gasteiger partial charge < -0.3 is 10.1 Å². The second kappa shape index (κ2) is 9.54. The summed E-state index contributed by atoms with van der Waals surface area (Å²) in [6.07, 6.45) is 2.73. The molecule has 1 aliphatic rings. The van der Waals surface area contributed by atoms with Crippen LogP contribution in [0.15, 0.2) is 54.7 Å². The molecule has 0 radical (unpaired) electrons. The standard InChI is InChI=1S/C22H24FN5O/c23-18-7-5-17(6-8-18)20-16-21(25-10-3-11-28-12-14-29-15-13-28)27-22(26-20)19-4-1-2-9-24-19/h1-2,4-9,16H,3,10-15H2,(H,25,26,27). The van der Waals surface area contributed by atoms with E-state index >= 15 is 0 Å². The van der Waals surface area contributed by atoms with Gasteiger partial charge in [0.2, 0.25) is 0 Å². The molecule has 1 fully saturated rings. The molecule has 0 bridgehead atoms. The van der Waals surface area contributed by atoms with Crippen LogP contribution in [0.4, 0.5) is 10.2 Å². The zero-order valence-electron chi connectivity index (χ0n) is 16.2. The van der Waals surface area contributed by atoms with Gasteiger partial charge in [-0.05, 0) is 49.4 Å². The van der Waals surface area contributed by atoms with E-state index in [0.29, 0.717) is 11.5 Å². The van der Waals surface area contributed by atoms with Crippen LogP contribution in [-0.4, -0.2) is 59.2 Å². The number of hydrogen-bond donors (Lipinski definition) is 1. The summed E-state index contributed by atoms with van der Waals surface area (Å²) in [5, 5.41) is 3.41. The van der Waals surface area contributed by atoms with Gasteiger partial charge in [-0.3, -0.25) is 9.88 Å². The molecule has 4 rings (SSSR count). The van der Waals surface area contributed by atoms with E-state index in [1.54, 1.807) is 18.3 Å². The Labute approximate surface area is 169 Å². The van der Waals surface area contributed by atoms with Gasteiger partial charge in [0.15, 0.2) is 5.82 Å². The summed E-state index contributed by atoms with van der Waals surface area (Å²) in [5.41, 5.74) is 2.27. The van der Waals surface area contributed by atoms with E-state index < -0.39 is 0 Å². The summed E-state index contributed by atoms with van der Waals surface area (Å²) in [6, 6.07) is 13.9. The van der Waals surface area contributed by atoms with Crippen LogP contribution >= 0.6 is 0 Å². The number of hydrogen-bond acceptors (Lipinski definition) is 6. The molecular formula is C22H24FN5O. The van der Waals surface area contributed by atoms with Gasteiger partial charge in [-0.15, -0.1) is 0 Å². The number of halogens is 1. The zero-order chi connectivity index (χ0) is 19.9. The maximum Gasteiger partial charge on any atom is 0.180 e. The summed E-state index contributed by atoms with van der Waals surface area (Å²) in [6.45, 7) is 5.44. The maximum atomic E-state index is 13.3. The molecule has 29 heavy (non-hydrogen) atoms. The Morgan fingerprint density at radius 1 is 1.00 bits per heavy atom. The number of aromatic nitrogens is 3. The number of anilines is 1. The van der Waals surface area contributed by atoms with Crippen LogP contribution in [0.1, 0.15) is 6.42 Å². The largest absolute Gasteiger partial charge is 0.379 e. The van der Waals surface area contributed by atoms with E-state index in [9.17, 15) is 4.39 Å². The van der Waals surface area contributed by atoms with Crippen molar-refractivity contribution in [2.75, 3.05) is 44.7 Å². The van der Waals surface area contributed by atoms with Crippen molar-refractivity contribution >= 4 is 5.82 Å². The van der Waals surface area contributed by atoms with Crippen molar-refractivity contribution in [2.45, 2.75) is 6.42 Å². The number of pyridine rings is 1. The van der Waals surface area contributed by atoms with Crippen LogP contribution < -0.4 is 5.32 Å². The highest BCUT2D eigenvalue weighted by atomic mass is 19.1. The fourth-order valence-corrected chi connectivity index (χ4v) is 3.26. The van der Waals surface area contributed by atoms with Gasteiger partial charge in [0.1, 0.15) is 17.3 Å². The van der Waals surface area contributed by atoms with Crippen molar-refractivity contribution in [1.82, 2.24) is 19.9 Å². The minimum atomic E-state index is -0.269. The van der Waals surface area contributed by atoms with Gasteiger partial charge in [0.05, 0.1) is 18.9 Å². The van der Waals surface area contributed by atoms with E-state index in [1.807, 2.05) is 24.3 Å². The highest BCUT2D eigenvalue weighted by Gasteiger charge is 2.11. The molecule has 1 saturated heterocycles. The first-order chi connectivity index (χ1) is 14.3. The van der Waals surface area contributed by atoms with Gasteiger partial charge >= 0.3 is 0 Å². The molecule has 3 aromatic rings. The van der Waals surface area contributed by atoms with Crippen LogP contribution in [0.3, 0.4) is 0 Å². The van der Waals surface area contributed by atoms with Gasteiger partial charge in [-0.25, -0.2) is 14.4 Å². The molecule has 0 aliphatic carbocycles. The Hall–Kier alpha value is -2.90. The highest BCUT2D eigenvalue weighted by molar-refractivity contribution is 5.66. The molecule has 0 amide bonds. The fourth-order valence-electron chi connectivity index (χ4n) is 3.26. The summed E-state index contributed by atoms with van der Waals surface area (Å²) >= 11 is 0. The molecule has 2 aromatic heterocycles. The Bertz CT molecular complexity index is 914. The number of morpholine rings is 1. The van der Waals surface area contributed by atoms with Crippen molar-refractivity contribution in [3.05, 3.63) is 60.5 Å². The first-order valence-corrected chi connectivity index (χ1v) is 9.88. The Morgan fingerprint density at radius 2 is 1.83 bits per heavy atom. The SMILES string of the molecule is Fc1ccc(-c2cc(NCCCN3CCOCC3)nc(-c3ccccn3)n2)cc1. The molecular weight excluding hydrogens is 369 g/mol. The van der Waals surface area contributed by atoms with E-state index in [-0.39, 0.29) is 5.82 Å². The topological polar surface area (TPSA) is 63.2 Å². The molecule has 0 atom stereocenters. The predicted octanol–water partition coefficient (Wildman–Crippen LogP) is 3.48. The van der Waals surface area contributed by atoms with Gasteiger partial charge in [0, 0.05) is 37.5 Å².